The summed E-state index contributed by atoms with van der Waals surface area (Å²) in [7, 11) is -3.09. The first kappa shape index (κ1) is 21.6. The van der Waals surface area contributed by atoms with Gasteiger partial charge in [-0.1, -0.05) is 0 Å². The third-order valence-corrected chi connectivity index (χ3v) is 7.50. The summed E-state index contributed by atoms with van der Waals surface area (Å²) in [5, 5.41) is 0. The maximum atomic E-state index is 12.7. The zero-order valence-electron chi connectivity index (χ0n) is 17.6. The summed E-state index contributed by atoms with van der Waals surface area (Å²) in [6, 6.07) is 2.27. The molecule has 7 nitrogen and oxygen atoms in total. The summed E-state index contributed by atoms with van der Waals surface area (Å²) in [6.07, 6.45) is 4.92. The molecule has 29 heavy (non-hydrogen) atoms. The number of rotatable bonds is 7. The van der Waals surface area contributed by atoms with E-state index in [0.717, 1.165) is 11.3 Å². The minimum absolute atomic E-state index is 0.0240. The SMILES string of the molecule is CCN(C(=O)[C@H](C)OC(=O)/C=C/c1cc(C)n(C2CC2)c1C)[C@@H]1CCS(=O)(=O)C1. The molecule has 8 heteroatoms. The molecule has 2 fully saturated rings. The van der Waals surface area contributed by atoms with Crippen molar-refractivity contribution < 1.29 is 22.7 Å². The Balaban J connectivity index is 1.60. The molecule has 3 rings (SSSR count). The van der Waals surface area contributed by atoms with Gasteiger partial charge in [0.25, 0.3) is 5.91 Å². The Morgan fingerprint density at radius 3 is 2.55 bits per heavy atom. The van der Waals surface area contributed by atoms with Gasteiger partial charge in [-0.2, -0.15) is 0 Å². The Hall–Kier alpha value is -2.09. The number of aromatic nitrogens is 1. The van der Waals surface area contributed by atoms with E-state index in [0.29, 0.717) is 19.0 Å². The second-order valence-corrected chi connectivity index (χ2v) is 10.2. The average Bonchev–Trinajstić information content (AvgIpc) is 3.35. The molecule has 160 valence electrons. The molecule has 2 atom stereocenters. The van der Waals surface area contributed by atoms with Crippen LogP contribution in [0, 0.1) is 13.8 Å². The molecule has 0 unspecified atom stereocenters. The maximum Gasteiger partial charge on any atom is 0.331 e. The zero-order chi connectivity index (χ0) is 21.3. The highest BCUT2D eigenvalue weighted by Crippen LogP contribution is 2.38. The average molecular weight is 423 g/mol. The number of sulfone groups is 1. The number of esters is 1. The van der Waals surface area contributed by atoms with Gasteiger partial charge in [-0.15, -0.1) is 0 Å². The number of amides is 1. The molecule has 1 aromatic heterocycles. The Morgan fingerprint density at radius 2 is 2.00 bits per heavy atom. The monoisotopic (exact) mass is 422 g/mol. The molecule has 1 amide bonds. The molecule has 2 heterocycles. The predicted molar refractivity (Wildman–Crippen MR) is 111 cm³/mol. The quantitative estimate of drug-likeness (QED) is 0.498. The maximum absolute atomic E-state index is 12.7. The van der Waals surface area contributed by atoms with Crippen LogP contribution in [0.1, 0.15) is 56.1 Å². The summed E-state index contributed by atoms with van der Waals surface area (Å²) in [5.74, 6) is -0.873. The van der Waals surface area contributed by atoms with E-state index in [4.69, 9.17) is 4.74 Å². The fourth-order valence-corrected chi connectivity index (χ4v) is 5.87. The second-order valence-electron chi connectivity index (χ2n) is 8.02. The van der Waals surface area contributed by atoms with Crippen LogP contribution in [0.25, 0.3) is 6.08 Å². The standard InChI is InChI=1S/C21H30N2O5S/c1-5-22(19-10-11-29(26,27)13-19)21(25)16(4)28-20(24)9-6-17-12-14(2)23(15(17)3)18-7-8-18/h6,9,12,16,18-19H,5,7-8,10-11,13H2,1-4H3/b9-6+/t16-,19+/m0/s1. The van der Waals surface area contributed by atoms with Crippen molar-refractivity contribution >= 4 is 27.8 Å². The number of ether oxygens (including phenoxy) is 1. The van der Waals surface area contributed by atoms with Crippen molar-refractivity contribution in [1.29, 1.82) is 0 Å². The lowest BCUT2D eigenvalue weighted by Crippen LogP contribution is -2.46. The van der Waals surface area contributed by atoms with Crippen LogP contribution in [0.2, 0.25) is 0 Å². The number of likely N-dealkylation sites (N-methyl/N-ethyl adjacent to an activating group) is 1. The van der Waals surface area contributed by atoms with Crippen LogP contribution in [0.15, 0.2) is 12.1 Å². The number of hydrogen-bond donors (Lipinski definition) is 0. The summed E-state index contributed by atoms with van der Waals surface area (Å²) in [5.41, 5.74) is 3.26. The first-order valence-electron chi connectivity index (χ1n) is 10.2. The normalized spacial score (nSPS) is 22.0. The van der Waals surface area contributed by atoms with Crippen LogP contribution in [0.4, 0.5) is 0 Å². The molecule has 1 saturated carbocycles. The Bertz CT molecular complexity index is 927. The molecule has 0 N–H and O–H groups in total. The smallest absolute Gasteiger partial charge is 0.331 e. The fraction of sp³-hybridized carbons (Fsp3) is 0.619. The summed E-state index contributed by atoms with van der Waals surface area (Å²) >= 11 is 0. The van der Waals surface area contributed by atoms with E-state index in [1.54, 1.807) is 13.0 Å². The van der Waals surface area contributed by atoms with Gasteiger partial charge >= 0.3 is 5.97 Å². The van der Waals surface area contributed by atoms with Crippen molar-refractivity contribution in [1.82, 2.24) is 9.47 Å². The predicted octanol–water partition coefficient (Wildman–Crippen LogP) is 2.42. The molecule has 0 bridgehead atoms. The Kier molecular flexibility index (Phi) is 6.22. The summed E-state index contributed by atoms with van der Waals surface area (Å²) in [4.78, 5) is 26.4. The van der Waals surface area contributed by atoms with E-state index in [9.17, 15) is 18.0 Å². The van der Waals surface area contributed by atoms with Crippen molar-refractivity contribution in [3.05, 3.63) is 29.1 Å². The minimum atomic E-state index is -3.09. The lowest BCUT2D eigenvalue weighted by molar-refractivity contribution is -0.156. The molecule has 1 saturated heterocycles. The lowest BCUT2D eigenvalue weighted by Gasteiger charge is -2.29. The van der Waals surface area contributed by atoms with E-state index >= 15 is 0 Å². The minimum Gasteiger partial charge on any atom is -0.449 e. The summed E-state index contributed by atoms with van der Waals surface area (Å²) in [6.45, 7) is 7.80. The Morgan fingerprint density at radius 1 is 1.31 bits per heavy atom. The number of carbonyl (C=O) groups excluding carboxylic acids is 2. The van der Waals surface area contributed by atoms with Crippen LogP contribution in [0.5, 0.6) is 0 Å². The van der Waals surface area contributed by atoms with E-state index in [1.807, 2.05) is 13.0 Å². The molecular weight excluding hydrogens is 392 g/mol. The highest BCUT2D eigenvalue weighted by atomic mass is 32.2. The largest absolute Gasteiger partial charge is 0.449 e. The van der Waals surface area contributed by atoms with Crippen molar-refractivity contribution in [3.63, 3.8) is 0 Å². The Labute approximate surface area is 172 Å². The first-order valence-corrected chi connectivity index (χ1v) is 12.0. The molecule has 0 radical (unpaired) electrons. The van der Waals surface area contributed by atoms with E-state index in [-0.39, 0.29) is 23.5 Å². The van der Waals surface area contributed by atoms with Gasteiger partial charge in [0, 0.05) is 36.1 Å². The number of hydrogen-bond acceptors (Lipinski definition) is 5. The number of aryl methyl sites for hydroxylation is 1. The van der Waals surface area contributed by atoms with Crippen molar-refractivity contribution in [2.45, 2.75) is 65.1 Å². The summed E-state index contributed by atoms with van der Waals surface area (Å²) < 4.78 is 31.0. The first-order chi connectivity index (χ1) is 13.6. The van der Waals surface area contributed by atoms with Gasteiger partial charge in [-0.25, -0.2) is 13.2 Å². The highest BCUT2D eigenvalue weighted by Gasteiger charge is 2.36. The number of carbonyl (C=O) groups is 2. The second kappa shape index (κ2) is 8.34. The van der Waals surface area contributed by atoms with Crippen LogP contribution in [0.3, 0.4) is 0 Å². The molecule has 0 spiro atoms. The highest BCUT2D eigenvalue weighted by molar-refractivity contribution is 7.91. The number of nitrogens with zero attached hydrogens (tertiary/aromatic N) is 2. The third-order valence-electron chi connectivity index (χ3n) is 5.75. The molecule has 2 aliphatic rings. The van der Waals surface area contributed by atoms with Gasteiger partial charge in [0.05, 0.1) is 11.5 Å². The molecule has 1 aliphatic carbocycles. The van der Waals surface area contributed by atoms with Gasteiger partial charge in [-0.05, 0) is 64.7 Å². The zero-order valence-corrected chi connectivity index (χ0v) is 18.4. The van der Waals surface area contributed by atoms with Crippen molar-refractivity contribution in [2.75, 3.05) is 18.1 Å². The molecule has 0 aromatic carbocycles. The van der Waals surface area contributed by atoms with Gasteiger partial charge in [0.15, 0.2) is 15.9 Å². The third kappa shape index (κ3) is 4.91. The van der Waals surface area contributed by atoms with Gasteiger partial charge < -0.3 is 14.2 Å². The van der Waals surface area contributed by atoms with Gasteiger partial charge in [0.2, 0.25) is 0 Å². The van der Waals surface area contributed by atoms with Gasteiger partial charge in [-0.3, -0.25) is 4.79 Å². The van der Waals surface area contributed by atoms with Gasteiger partial charge in [0.1, 0.15) is 0 Å². The van der Waals surface area contributed by atoms with Crippen LogP contribution in [-0.2, 0) is 24.2 Å². The van der Waals surface area contributed by atoms with Crippen LogP contribution < -0.4 is 0 Å². The van der Waals surface area contributed by atoms with E-state index in [1.165, 1.54) is 36.4 Å². The molecule has 1 aromatic rings. The van der Waals surface area contributed by atoms with E-state index in [2.05, 4.69) is 11.5 Å². The topological polar surface area (TPSA) is 85.7 Å². The van der Waals surface area contributed by atoms with E-state index < -0.39 is 21.9 Å². The van der Waals surface area contributed by atoms with Crippen LogP contribution >= 0.6 is 0 Å². The van der Waals surface area contributed by atoms with Crippen molar-refractivity contribution in [3.8, 4) is 0 Å². The lowest BCUT2D eigenvalue weighted by atomic mass is 10.2. The van der Waals surface area contributed by atoms with Crippen molar-refractivity contribution in [2.24, 2.45) is 0 Å². The molecular formula is C21H30N2O5S. The van der Waals surface area contributed by atoms with Crippen LogP contribution in [-0.4, -0.2) is 60.0 Å². The molecule has 1 aliphatic heterocycles. The fourth-order valence-electron chi connectivity index (χ4n) is 4.14.